The fourth-order valence-corrected chi connectivity index (χ4v) is 2.62. The molecule has 0 aliphatic rings. The van der Waals surface area contributed by atoms with Gasteiger partial charge < -0.3 is 24.8 Å². The molecule has 152 valence electrons. The molecule has 0 saturated heterocycles. The number of likely N-dealkylation sites (N-methyl/N-ethyl adjacent to an activating group) is 1. The first-order chi connectivity index (χ1) is 13.6. The molecule has 1 amide bonds. The Kier molecular flexibility index (Phi) is 9.31. The van der Waals surface area contributed by atoms with Crippen LogP contribution in [-0.2, 0) is 16.0 Å². The molecule has 6 nitrogen and oxygen atoms in total. The van der Waals surface area contributed by atoms with Gasteiger partial charge in [0.1, 0.15) is 24.2 Å². The van der Waals surface area contributed by atoms with Crippen molar-refractivity contribution < 1.29 is 19.0 Å². The molecule has 0 aromatic heterocycles. The summed E-state index contributed by atoms with van der Waals surface area (Å²) < 4.78 is 16.7. The number of carbonyl (C=O) groups is 1. The average Bonchev–Trinajstić information content (AvgIpc) is 2.73. The molecule has 6 heteroatoms. The Morgan fingerprint density at radius 3 is 2.32 bits per heavy atom. The number of carbonyl (C=O) groups excluding carboxylic acids is 1. The van der Waals surface area contributed by atoms with Crippen molar-refractivity contribution in [3.63, 3.8) is 0 Å². The number of amides is 1. The van der Waals surface area contributed by atoms with Crippen molar-refractivity contribution in [3.8, 4) is 11.5 Å². The third kappa shape index (κ3) is 7.98. The third-order valence-electron chi connectivity index (χ3n) is 4.32. The van der Waals surface area contributed by atoms with E-state index in [1.54, 1.807) is 14.2 Å². The zero-order valence-corrected chi connectivity index (χ0v) is 16.8. The summed E-state index contributed by atoms with van der Waals surface area (Å²) in [6, 6.07) is 17.8. The van der Waals surface area contributed by atoms with Gasteiger partial charge >= 0.3 is 0 Å². The Hall–Kier alpha value is -2.57. The Balaban J connectivity index is 1.71. The highest BCUT2D eigenvalue weighted by Crippen LogP contribution is 2.14. The maximum atomic E-state index is 11.2. The highest BCUT2D eigenvalue weighted by Gasteiger charge is 2.11. The summed E-state index contributed by atoms with van der Waals surface area (Å²) in [5.74, 6) is 1.38. The molecule has 2 aromatic carbocycles. The standard InChI is InChI=1S/C22H30N2O4/c1-17(13-18-9-11-20(12-10-18)28-16-22(25)23-2)24-14-21(26-3)15-27-19-7-5-4-6-8-19/h4-12,17,21,24H,13-16H2,1-3H3,(H,23,25). The summed E-state index contributed by atoms with van der Waals surface area (Å²) in [6.07, 6.45) is 0.856. The molecular formula is C22H30N2O4. The molecular weight excluding hydrogens is 356 g/mol. The van der Waals surface area contributed by atoms with Crippen LogP contribution in [0.3, 0.4) is 0 Å². The second-order valence-corrected chi connectivity index (χ2v) is 6.60. The topological polar surface area (TPSA) is 68.8 Å². The van der Waals surface area contributed by atoms with E-state index in [1.807, 2.05) is 54.6 Å². The van der Waals surface area contributed by atoms with Gasteiger partial charge in [-0.1, -0.05) is 30.3 Å². The van der Waals surface area contributed by atoms with Crippen molar-refractivity contribution in [2.45, 2.75) is 25.5 Å². The lowest BCUT2D eigenvalue weighted by molar-refractivity contribution is -0.122. The van der Waals surface area contributed by atoms with Crippen LogP contribution in [0, 0.1) is 0 Å². The average molecular weight is 386 g/mol. The van der Waals surface area contributed by atoms with Crippen molar-refractivity contribution >= 4 is 5.91 Å². The maximum absolute atomic E-state index is 11.2. The first-order valence-electron chi connectivity index (χ1n) is 9.47. The number of hydrogen-bond acceptors (Lipinski definition) is 5. The number of methoxy groups -OCH3 is 1. The number of rotatable bonds is 12. The minimum absolute atomic E-state index is 0.0249. The van der Waals surface area contributed by atoms with E-state index in [1.165, 1.54) is 5.56 Å². The minimum atomic E-state index is -0.147. The van der Waals surface area contributed by atoms with Crippen LogP contribution in [0.5, 0.6) is 11.5 Å². The number of hydrogen-bond donors (Lipinski definition) is 2. The van der Waals surface area contributed by atoms with Gasteiger partial charge in [-0.15, -0.1) is 0 Å². The molecule has 0 aliphatic heterocycles. The van der Waals surface area contributed by atoms with Crippen molar-refractivity contribution in [1.29, 1.82) is 0 Å². The van der Waals surface area contributed by atoms with Crippen molar-refractivity contribution in [3.05, 3.63) is 60.2 Å². The molecule has 28 heavy (non-hydrogen) atoms. The van der Waals surface area contributed by atoms with Crippen molar-refractivity contribution in [2.75, 3.05) is 33.9 Å². The van der Waals surface area contributed by atoms with E-state index in [0.717, 1.165) is 12.2 Å². The first-order valence-corrected chi connectivity index (χ1v) is 9.47. The van der Waals surface area contributed by atoms with Gasteiger partial charge in [-0.2, -0.15) is 0 Å². The SMILES string of the molecule is CNC(=O)COc1ccc(CC(C)NCC(COc2ccccc2)OC)cc1. The Labute approximate surface area is 167 Å². The van der Waals surface area contributed by atoms with Gasteiger partial charge in [-0.25, -0.2) is 0 Å². The zero-order valence-electron chi connectivity index (χ0n) is 16.8. The Morgan fingerprint density at radius 1 is 1.00 bits per heavy atom. The van der Waals surface area contributed by atoms with Crippen LogP contribution >= 0.6 is 0 Å². The summed E-state index contributed by atoms with van der Waals surface area (Å²) in [6.45, 7) is 3.37. The second kappa shape index (κ2) is 12.0. The molecule has 0 fully saturated rings. The lowest BCUT2D eigenvalue weighted by atomic mass is 10.1. The number of benzene rings is 2. The van der Waals surface area contributed by atoms with Crippen LogP contribution in [0.25, 0.3) is 0 Å². The molecule has 0 spiro atoms. The molecule has 2 unspecified atom stereocenters. The molecule has 0 heterocycles. The summed E-state index contributed by atoms with van der Waals surface area (Å²) in [5.41, 5.74) is 1.20. The van der Waals surface area contributed by atoms with Gasteiger partial charge in [0.15, 0.2) is 6.61 Å². The normalized spacial score (nSPS) is 12.8. The molecule has 0 saturated carbocycles. The molecule has 2 N–H and O–H groups in total. The van der Waals surface area contributed by atoms with Crippen LogP contribution in [0.4, 0.5) is 0 Å². The van der Waals surface area contributed by atoms with E-state index < -0.39 is 0 Å². The summed E-state index contributed by atoms with van der Waals surface area (Å²) in [5, 5.41) is 6.02. The van der Waals surface area contributed by atoms with Gasteiger partial charge in [0.25, 0.3) is 5.91 Å². The predicted molar refractivity (Wildman–Crippen MR) is 110 cm³/mol. The highest BCUT2D eigenvalue weighted by atomic mass is 16.5. The molecule has 2 aromatic rings. The van der Waals surface area contributed by atoms with Gasteiger partial charge in [0, 0.05) is 26.7 Å². The summed E-state index contributed by atoms with van der Waals surface area (Å²) in [7, 11) is 3.29. The van der Waals surface area contributed by atoms with Crippen LogP contribution in [-0.4, -0.2) is 52.0 Å². The smallest absolute Gasteiger partial charge is 0.257 e. The largest absolute Gasteiger partial charge is 0.491 e. The van der Waals surface area contributed by atoms with Gasteiger partial charge in [-0.3, -0.25) is 4.79 Å². The number of ether oxygens (including phenoxy) is 3. The minimum Gasteiger partial charge on any atom is -0.491 e. The monoisotopic (exact) mass is 386 g/mol. The predicted octanol–water partition coefficient (Wildman–Crippen LogP) is 2.43. The molecule has 0 aliphatic carbocycles. The van der Waals surface area contributed by atoms with Crippen LogP contribution in [0.1, 0.15) is 12.5 Å². The molecule has 0 radical (unpaired) electrons. The lowest BCUT2D eigenvalue weighted by Gasteiger charge is -2.20. The lowest BCUT2D eigenvalue weighted by Crippen LogP contribution is -2.38. The Morgan fingerprint density at radius 2 is 1.68 bits per heavy atom. The summed E-state index contributed by atoms with van der Waals surface area (Å²) in [4.78, 5) is 11.2. The quantitative estimate of drug-likeness (QED) is 0.586. The van der Waals surface area contributed by atoms with Crippen LogP contribution in [0.15, 0.2) is 54.6 Å². The fourth-order valence-electron chi connectivity index (χ4n) is 2.62. The van der Waals surface area contributed by atoms with E-state index in [-0.39, 0.29) is 24.7 Å². The molecule has 0 bridgehead atoms. The second-order valence-electron chi connectivity index (χ2n) is 6.60. The van der Waals surface area contributed by atoms with E-state index in [0.29, 0.717) is 18.9 Å². The van der Waals surface area contributed by atoms with Crippen molar-refractivity contribution in [1.82, 2.24) is 10.6 Å². The van der Waals surface area contributed by atoms with Gasteiger partial charge in [-0.05, 0) is 43.2 Å². The zero-order chi connectivity index (χ0) is 20.2. The van der Waals surface area contributed by atoms with E-state index in [4.69, 9.17) is 14.2 Å². The van der Waals surface area contributed by atoms with E-state index in [9.17, 15) is 4.79 Å². The van der Waals surface area contributed by atoms with Crippen molar-refractivity contribution in [2.24, 2.45) is 0 Å². The van der Waals surface area contributed by atoms with Gasteiger partial charge in [0.05, 0.1) is 0 Å². The van der Waals surface area contributed by atoms with Gasteiger partial charge in [0.2, 0.25) is 0 Å². The number of nitrogens with one attached hydrogen (secondary N) is 2. The maximum Gasteiger partial charge on any atom is 0.257 e. The van der Waals surface area contributed by atoms with Crippen LogP contribution < -0.4 is 20.1 Å². The Bertz CT molecular complexity index is 691. The highest BCUT2D eigenvalue weighted by molar-refractivity contribution is 5.77. The summed E-state index contributed by atoms with van der Waals surface area (Å²) >= 11 is 0. The third-order valence-corrected chi connectivity index (χ3v) is 4.32. The van der Waals surface area contributed by atoms with E-state index >= 15 is 0 Å². The fraction of sp³-hybridized carbons (Fsp3) is 0.409. The van der Waals surface area contributed by atoms with Crippen LogP contribution in [0.2, 0.25) is 0 Å². The molecule has 2 rings (SSSR count). The number of para-hydroxylation sites is 1. The molecule has 2 atom stereocenters. The first kappa shape index (κ1) is 21.7. The van der Waals surface area contributed by atoms with E-state index in [2.05, 4.69) is 17.6 Å².